The van der Waals surface area contributed by atoms with Gasteiger partial charge in [0.25, 0.3) is 0 Å². The van der Waals surface area contributed by atoms with Crippen molar-refractivity contribution in [1.82, 2.24) is 25.1 Å². The van der Waals surface area contributed by atoms with Gasteiger partial charge in [0.2, 0.25) is 5.95 Å². The first-order chi connectivity index (χ1) is 7.65. The third-order valence-corrected chi connectivity index (χ3v) is 2.31. The molecule has 4 N–H and O–H groups in total. The molecule has 16 heavy (non-hydrogen) atoms. The van der Waals surface area contributed by atoms with Crippen LogP contribution < -0.4 is 11.1 Å². The van der Waals surface area contributed by atoms with E-state index in [4.69, 9.17) is 5.73 Å². The molecule has 1 unspecified atom stereocenters. The van der Waals surface area contributed by atoms with Gasteiger partial charge in [-0.1, -0.05) is 0 Å². The fraction of sp³-hybridized carbons (Fsp3) is 0.250. The molecule has 0 bridgehead atoms. The first-order valence-electron chi connectivity index (χ1n) is 4.57. The van der Waals surface area contributed by atoms with Gasteiger partial charge in [-0.2, -0.15) is 10.1 Å². The normalized spacial score (nSPS) is 12.4. The number of aromatic nitrogens is 5. The Bertz CT molecular complexity index is 449. The Balaban J connectivity index is 2.15. The summed E-state index contributed by atoms with van der Waals surface area (Å²) in [7, 11) is 0. The van der Waals surface area contributed by atoms with E-state index in [9.17, 15) is 0 Å². The van der Waals surface area contributed by atoms with Gasteiger partial charge in [-0.15, -0.1) is 0 Å². The van der Waals surface area contributed by atoms with E-state index in [1.807, 2.05) is 6.92 Å². The first-order valence-corrected chi connectivity index (χ1v) is 5.36. The summed E-state index contributed by atoms with van der Waals surface area (Å²) in [5, 5.41) is 9.59. The van der Waals surface area contributed by atoms with Crippen LogP contribution in [-0.4, -0.2) is 25.1 Å². The molecule has 0 saturated heterocycles. The van der Waals surface area contributed by atoms with Gasteiger partial charge in [0.15, 0.2) is 0 Å². The fourth-order valence-corrected chi connectivity index (χ4v) is 1.59. The van der Waals surface area contributed by atoms with Crippen molar-refractivity contribution in [3.05, 3.63) is 22.8 Å². The molecule has 84 valence electrons. The molecule has 0 radical (unpaired) electrons. The van der Waals surface area contributed by atoms with Crippen LogP contribution in [0.4, 0.5) is 11.8 Å². The van der Waals surface area contributed by atoms with Crippen molar-refractivity contribution in [2.45, 2.75) is 13.0 Å². The fourth-order valence-electron chi connectivity index (χ4n) is 1.19. The molecule has 0 aliphatic rings. The maximum absolute atomic E-state index is 5.60. The van der Waals surface area contributed by atoms with E-state index >= 15 is 0 Å². The molecule has 0 saturated carbocycles. The highest BCUT2D eigenvalue weighted by atomic mass is 79.9. The summed E-state index contributed by atoms with van der Waals surface area (Å²) < 4.78 is 0.632. The molecule has 2 rings (SSSR count). The smallest absolute Gasteiger partial charge is 0.226 e. The number of nitrogens with zero attached hydrogens (tertiary/aromatic N) is 4. The summed E-state index contributed by atoms with van der Waals surface area (Å²) in [4.78, 5) is 12.2. The van der Waals surface area contributed by atoms with Crippen molar-refractivity contribution in [2.75, 3.05) is 11.1 Å². The molecular weight excluding hydrogens is 274 g/mol. The van der Waals surface area contributed by atoms with Gasteiger partial charge in [0.1, 0.15) is 22.6 Å². The van der Waals surface area contributed by atoms with E-state index in [1.165, 1.54) is 6.33 Å². The summed E-state index contributed by atoms with van der Waals surface area (Å²) in [6, 6.07) is 1.56. The van der Waals surface area contributed by atoms with Gasteiger partial charge in [-0.25, -0.2) is 9.97 Å². The number of nitrogen functional groups attached to an aromatic ring is 1. The molecular formula is C8H10BrN7. The third-order valence-electron chi connectivity index (χ3n) is 1.90. The Hall–Kier alpha value is -1.70. The number of rotatable bonds is 3. The van der Waals surface area contributed by atoms with Gasteiger partial charge in [-0.05, 0) is 22.9 Å². The van der Waals surface area contributed by atoms with Crippen LogP contribution in [0.2, 0.25) is 0 Å². The van der Waals surface area contributed by atoms with Gasteiger partial charge in [-0.3, -0.25) is 5.10 Å². The molecule has 2 aromatic rings. The Morgan fingerprint density at radius 3 is 2.94 bits per heavy atom. The molecule has 1 atom stereocenters. The number of anilines is 2. The highest BCUT2D eigenvalue weighted by Crippen LogP contribution is 2.16. The van der Waals surface area contributed by atoms with E-state index in [1.54, 1.807) is 6.07 Å². The van der Waals surface area contributed by atoms with Crippen LogP contribution in [0.5, 0.6) is 0 Å². The van der Waals surface area contributed by atoms with Crippen LogP contribution in [0.1, 0.15) is 18.8 Å². The maximum Gasteiger partial charge on any atom is 0.226 e. The lowest BCUT2D eigenvalue weighted by atomic mass is 10.3. The van der Waals surface area contributed by atoms with Crippen molar-refractivity contribution < 1.29 is 0 Å². The second kappa shape index (κ2) is 4.44. The summed E-state index contributed by atoms with van der Waals surface area (Å²) in [5.41, 5.74) is 5.60. The second-order valence-corrected chi connectivity index (χ2v) is 3.99. The van der Waals surface area contributed by atoms with Gasteiger partial charge < -0.3 is 11.1 Å². The SMILES string of the molecule is CC(Nc1nc(N)cc(Br)n1)c1ncn[nH]1. The van der Waals surface area contributed by atoms with Gasteiger partial charge in [0, 0.05) is 6.07 Å². The molecule has 0 aliphatic heterocycles. The number of nitrogens with two attached hydrogens (primary N) is 1. The summed E-state index contributed by atoms with van der Waals surface area (Å²) in [6.45, 7) is 1.92. The largest absolute Gasteiger partial charge is 0.383 e. The maximum atomic E-state index is 5.60. The van der Waals surface area contributed by atoms with Crippen LogP contribution in [-0.2, 0) is 0 Å². The Kier molecular flexibility index (Phi) is 3.00. The molecule has 0 amide bonds. The topological polar surface area (TPSA) is 105 Å². The Labute approximate surface area is 100 Å². The van der Waals surface area contributed by atoms with E-state index in [-0.39, 0.29) is 6.04 Å². The summed E-state index contributed by atoms with van der Waals surface area (Å²) in [6.07, 6.45) is 1.45. The molecule has 7 nitrogen and oxygen atoms in total. The van der Waals surface area contributed by atoms with Gasteiger partial charge >= 0.3 is 0 Å². The minimum absolute atomic E-state index is 0.0730. The molecule has 0 aromatic carbocycles. The highest BCUT2D eigenvalue weighted by molar-refractivity contribution is 9.10. The molecule has 0 aliphatic carbocycles. The number of nitrogens with one attached hydrogen (secondary N) is 2. The zero-order chi connectivity index (χ0) is 11.5. The molecule has 2 aromatic heterocycles. The molecule has 0 spiro atoms. The molecule has 0 fully saturated rings. The van der Waals surface area contributed by atoms with Gasteiger partial charge in [0.05, 0.1) is 6.04 Å². The standard InChI is InChI=1S/C8H10BrN7/c1-4(7-11-3-12-16-7)13-8-14-5(9)2-6(10)15-8/h2-4H,1H3,(H,11,12,16)(H3,10,13,14,15). The number of hydrogen-bond donors (Lipinski definition) is 3. The zero-order valence-corrected chi connectivity index (χ0v) is 10.1. The predicted molar refractivity (Wildman–Crippen MR) is 62.6 cm³/mol. The van der Waals surface area contributed by atoms with Crippen molar-refractivity contribution in [2.24, 2.45) is 0 Å². The van der Waals surface area contributed by atoms with Crippen molar-refractivity contribution in [3.63, 3.8) is 0 Å². The minimum Gasteiger partial charge on any atom is -0.383 e. The minimum atomic E-state index is -0.0730. The van der Waals surface area contributed by atoms with E-state index < -0.39 is 0 Å². The quantitative estimate of drug-likeness (QED) is 0.729. The number of H-pyrrole nitrogens is 1. The van der Waals surface area contributed by atoms with Crippen LogP contribution in [0, 0.1) is 0 Å². The lowest BCUT2D eigenvalue weighted by Crippen LogP contribution is -2.11. The lowest BCUT2D eigenvalue weighted by molar-refractivity contribution is 0.782. The van der Waals surface area contributed by atoms with E-state index in [0.717, 1.165) is 0 Å². The monoisotopic (exact) mass is 283 g/mol. The lowest BCUT2D eigenvalue weighted by Gasteiger charge is -2.11. The van der Waals surface area contributed by atoms with Crippen LogP contribution >= 0.6 is 15.9 Å². The average Bonchev–Trinajstić information content (AvgIpc) is 2.68. The molecule has 8 heteroatoms. The van der Waals surface area contributed by atoms with E-state index in [0.29, 0.717) is 22.2 Å². The van der Waals surface area contributed by atoms with Crippen molar-refractivity contribution in [3.8, 4) is 0 Å². The highest BCUT2D eigenvalue weighted by Gasteiger charge is 2.10. The Morgan fingerprint density at radius 2 is 2.31 bits per heavy atom. The summed E-state index contributed by atoms with van der Waals surface area (Å²) >= 11 is 3.24. The zero-order valence-electron chi connectivity index (χ0n) is 8.48. The molecule has 2 heterocycles. The van der Waals surface area contributed by atoms with Crippen LogP contribution in [0.3, 0.4) is 0 Å². The van der Waals surface area contributed by atoms with Crippen LogP contribution in [0.15, 0.2) is 17.0 Å². The van der Waals surface area contributed by atoms with Crippen molar-refractivity contribution in [1.29, 1.82) is 0 Å². The summed E-state index contributed by atoms with van der Waals surface area (Å²) in [5.74, 6) is 1.55. The average molecular weight is 284 g/mol. The number of hydrogen-bond acceptors (Lipinski definition) is 6. The third kappa shape index (κ3) is 2.45. The van der Waals surface area contributed by atoms with E-state index in [2.05, 4.69) is 46.4 Å². The van der Waals surface area contributed by atoms with Crippen LogP contribution in [0.25, 0.3) is 0 Å². The Morgan fingerprint density at radius 1 is 1.50 bits per heavy atom. The number of aromatic amines is 1. The van der Waals surface area contributed by atoms with Crippen molar-refractivity contribution >= 4 is 27.7 Å². The first kappa shape index (κ1) is 10.8. The number of halogens is 1. The second-order valence-electron chi connectivity index (χ2n) is 3.18. The predicted octanol–water partition coefficient (Wildman–Crippen LogP) is 1.11.